The van der Waals surface area contributed by atoms with Crippen LogP contribution in [0.15, 0.2) is 24.3 Å². The predicted molar refractivity (Wildman–Crippen MR) is 85.0 cm³/mol. The topological polar surface area (TPSA) is 84.2 Å². The number of para-hydroxylation sites is 1. The molecular weight excluding hydrogens is 266 g/mol. The summed E-state index contributed by atoms with van der Waals surface area (Å²) >= 11 is 0. The fourth-order valence-corrected chi connectivity index (χ4v) is 2.02. The van der Waals surface area contributed by atoms with Gasteiger partial charge in [-0.2, -0.15) is 0 Å². The number of rotatable bonds is 7. The molecular formula is C16H25N3O2. The second-order valence-electron chi connectivity index (χ2n) is 5.77. The third-order valence-corrected chi connectivity index (χ3v) is 3.18. The molecule has 0 fully saturated rings. The van der Waals surface area contributed by atoms with Crippen LogP contribution in [0.2, 0.25) is 0 Å². The van der Waals surface area contributed by atoms with Crippen LogP contribution in [0, 0.1) is 5.92 Å². The normalized spacial score (nSPS) is 12.0. The van der Waals surface area contributed by atoms with Crippen molar-refractivity contribution in [2.24, 2.45) is 11.7 Å². The van der Waals surface area contributed by atoms with Crippen LogP contribution in [0.25, 0.3) is 0 Å². The molecule has 0 aliphatic carbocycles. The van der Waals surface area contributed by atoms with E-state index in [1.54, 1.807) is 12.1 Å². The summed E-state index contributed by atoms with van der Waals surface area (Å²) < 4.78 is 0. The van der Waals surface area contributed by atoms with Gasteiger partial charge >= 0.3 is 6.03 Å². The van der Waals surface area contributed by atoms with Gasteiger partial charge in [-0.25, -0.2) is 4.79 Å². The Balaban J connectivity index is 2.56. The van der Waals surface area contributed by atoms with Crippen molar-refractivity contribution in [2.75, 3.05) is 5.32 Å². The molecule has 1 aromatic rings. The van der Waals surface area contributed by atoms with E-state index in [1.807, 2.05) is 19.1 Å². The Labute approximate surface area is 126 Å². The van der Waals surface area contributed by atoms with Gasteiger partial charge in [0.25, 0.3) is 0 Å². The van der Waals surface area contributed by atoms with E-state index < -0.39 is 5.91 Å². The van der Waals surface area contributed by atoms with Crippen LogP contribution in [-0.4, -0.2) is 18.0 Å². The van der Waals surface area contributed by atoms with Crippen LogP contribution in [-0.2, 0) is 11.2 Å². The number of primary amides is 1. The second-order valence-corrected chi connectivity index (χ2v) is 5.77. The zero-order valence-electron chi connectivity index (χ0n) is 13.0. The summed E-state index contributed by atoms with van der Waals surface area (Å²) in [6.45, 7) is 6.30. The Hall–Kier alpha value is -2.04. The quantitative estimate of drug-likeness (QED) is 0.721. The number of urea groups is 1. The molecule has 4 N–H and O–H groups in total. The van der Waals surface area contributed by atoms with E-state index in [0.29, 0.717) is 11.6 Å². The molecule has 0 radical (unpaired) electrons. The molecule has 3 amide bonds. The van der Waals surface area contributed by atoms with E-state index in [1.165, 1.54) is 0 Å². The average molecular weight is 291 g/mol. The summed E-state index contributed by atoms with van der Waals surface area (Å²) in [5, 5.41) is 5.67. The zero-order valence-corrected chi connectivity index (χ0v) is 13.0. The van der Waals surface area contributed by atoms with Crippen LogP contribution in [0.3, 0.4) is 0 Å². The summed E-state index contributed by atoms with van der Waals surface area (Å²) in [6.07, 6.45) is 2.12. The number of nitrogens with two attached hydrogens (primary N) is 1. The van der Waals surface area contributed by atoms with Gasteiger partial charge in [-0.1, -0.05) is 32.0 Å². The number of carbonyl (C=O) groups excluding carboxylic acids is 2. The second kappa shape index (κ2) is 8.29. The van der Waals surface area contributed by atoms with Crippen LogP contribution >= 0.6 is 0 Å². The Morgan fingerprint density at radius 2 is 1.81 bits per heavy atom. The Kier molecular flexibility index (Phi) is 6.72. The Morgan fingerprint density at radius 1 is 1.14 bits per heavy atom. The summed E-state index contributed by atoms with van der Waals surface area (Å²) in [5.74, 6) is 0.198. The van der Waals surface area contributed by atoms with Crippen molar-refractivity contribution in [3.63, 3.8) is 0 Å². The number of benzene rings is 1. The summed E-state index contributed by atoms with van der Waals surface area (Å²) in [7, 11) is 0. The molecule has 1 unspecified atom stereocenters. The minimum atomic E-state index is -0.421. The molecule has 0 aliphatic heterocycles. The van der Waals surface area contributed by atoms with Crippen molar-refractivity contribution in [3.05, 3.63) is 29.8 Å². The molecule has 1 rings (SSSR count). The fraction of sp³-hybridized carbons (Fsp3) is 0.500. The Bertz CT molecular complexity index is 486. The molecule has 1 atom stereocenters. The highest BCUT2D eigenvalue weighted by Crippen LogP contribution is 2.15. The van der Waals surface area contributed by atoms with Gasteiger partial charge in [-0.3, -0.25) is 4.79 Å². The molecule has 0 aliphatic rings. The third kappa shape index (κ3) is 6.79. The molecule has 116 valence electrons. The van der Waals surface area contributed by atoms with E-state index in [4.69, 9.17) is 5.73 Å². The number of hydrogen-bond acceptors (Lipinski definition) is 2. The van der Waals surface area contributed by atoms with Crippen LogP contribution in [0.1, 0.15) is 39.2 Å². The van der Waals surface area contributed by atoms with Crippen LogP contribution < -0.4 is 16.4 Å². The van der Waals surface area contributed by atoms with Gasteiger partial charge in [0.2, 0.25) is 5.91 Å². The highest BCUT2D eigenvalue weighted by molar-refractivity contribution is 5.91. The molecule has 5 nitrogen and oxygen atoms in total. The lowest BCUT2D eigenvalue weighted by molar-refractivity contribution is -0.117. The lowest BCUT2D eigenvalue weighted by Gasteiger charge is -2.16. The van der Waals surface area contributed by atoms with Gasteiger partial charge in [-0.15, -0.1) is 0 Å². The van der Waals surface area contributed by atoms with Gasteiger partial charge in [0.15, 0.2) is 0 Å². The van der Waals surface area contributed by atoms with Crippen LogP contribution in [0.5, 0.6) is 0 Å². The summed E-state index contributed by atoms with van der Waals surface area (Å²) in [4.78, 5) is 23.0. The summed E-state index contributed by atoms with van der Waals surface area (Å²) in [6, 6.07) is 7.01. The van der Waals surface area contributed by atoms with Crippen molar-refractivity contribution in [2.45, 2.75) is 46.1 Å². The first-order chi connectivity index (χ1) is 9.88. The minimum absolute atomic E-state index is 0.107. The van der Waals surface area contributed by atoms with E-state index in [2.05, 4.69) is 24.5 Å². The molecule has 21 heavy (non-hydrogen) atoms. The smallest absolute Gasteiger partial charge is 0.319 e. The van der Waals surface area contributed by atoms with Crippen molar-refractivity contribution < 1.29 is 9.59 Å². The number of carbonyl (C=O) groups is 2. The van der Waals surface area contributed by atoms with Crippen LogP contribution in [0.4, 0.5) is 10.5 Å². The number of anilines is 1. The first kappa shape index (κ1) is 17.0. The number of nitrogens with one attached hydrogen (secondary N) is 2. The molecule has 0 aromatic heterocycles. The SMILES string of the molecule is CC(C)CCC(C)NC(=O)Nc1ccccc1CC(N)=O. The first-order valence-electron chi connectivity index (χ1n) is 7.32. The standard InChI is InChI=1S/C16H25N3O2/c1-11(2)8-9-12(3)18-16(21)19-14-7-5-4-6-13(14)10-15(17)20/h4-7,11-12H,8-10H2,1-3H3,(H2,17,20)(H2,18,19,21). The molecule has 1 aromatic carbocycles. The lowest BCUT2D eigenvalue weighted by atomic mass is 10.0. The van der Waals surface area contributed by atoms with Gasteiger partial charge in [0, 0.05) is 11.7 Å². The molecule has 0 saturated heterocycles. The highest BCUT2D eigenvalue weighted by Gasteiger charge is 2.11. The van der Waals surface area contributed by atoms with E-state index in [0.717, 1.165) is 18.4 Å². The average Bonchev–Trinajstić information content (AvgIpc) is 2.38. The molecule has 5 heteroatoms. The lowest BCUT2D eigenvalue weighted by Crippen LogP contribution is -2.36. The third-order valence-electron chi connectivity index (χ3n) is 3.18. The van der Waals surface area contributed by atoms with E-state index in [-0.39, 0.29) is 18.5 Å². The largest absolute Gasteiger partial charge is 0.369 e. The van der Waals surface area contributed by atoms with Crippen molar-refractivity contribution >= 4 is 17.6 Å². The highest BCUT2D eigenvalue weighted by atomic mass is 16.2. The molecule has 0 bridgehead atoms. The molecule has 0 saturated carbocycles. The van der Waals surface area contributed by atoms with E-state index >= 15 is 0 Å². The maximum atomic E-state index is 12.0. The maximum Gasteiger partial charge on any atom is 0.319 e. The van der Waals surface area contributed by atoms with Crippen molar-refractivity contribution in [3.8, 4) is 0 Å². The minimum Gasteiger partial charge on any atom is -0.369 e. The number of hydrogen-bond donors (Lipinski definition) is 3. The van der Waals surface area contributed by atoms with Crippen molar-refractivity contribution in [1.82, 2.24) is 5.32 Å². The monoisotopic (exact) mass is 291 g/mol. The Morgan fingerprint density at radius 3 is 2.43 bits per heavy atom. The van der Waals surface area contributed by atoms with Gasteiger partial charge in [-0.05, 0) is 37.3 Å². The summed E-state index contributed by atoms with van der Waals surface area (Å²) in [5.41, 5.74) is 6.54. The van der Waals surface area contributed by atoms with E-state index in [9.17, 15) is 9.59 Å². The van der Waals surface area contributed by atoms with Crippen molar-refractivity contribution in [1.29, 1.82) is 0 Å². The molecule has 0 heterocycles. The van der Waals surface area contributed by atoms with Gasteiger partial charge in [0.05, 0.1) is 6.42 Å². The first-order valence-corrected chi connectivity index (χ1v) is 7.32. The predicted octanol–water partition coefficient (Wildman–Crippen LogP) is 2.66. The zero-order chi connectivity index (χ0) is 15.8. The van der Waals surface area contributed by atoms with Gasteiger partial charge < -0.3 is 16.4 Å². The van der Waals surface area contributed by atoms with Gasteiger partial charge in [0.1, 0.15) is 0 Å². The molecule has 0 spiro atoms. The maximum absolute atomic E-state index is 12.0. The fourth-order valence-electron chi connectivity index (χ4n) is 2.02. The number of amides is 3.